The minimum Gasteiger partial charge on any atom is -0.448 e. The maximum Gasteiger partial charge on any atom is 0.255 e. The van der Waals surface area contributed by atoms with E-state index in [0.29, 0.717) is 22.7 Å². The van der Waals surface area contributed by atoms with Crippen molar-refractivity contribution in [2.75, 3.05) is 5.32 Å². The fourth-order valence-electron chi connectivity index (χ4n) is 3.09. The van der Waals surface area contributed by atoms with Crippen LogP contribution in [0.4, 0.5) is 10.1 Å². The highest BCUT2D eigenvalue weighted by Crippen LogP contribution is 2.47. The predicted molar refractivity (Wildman–Crippen MR) is 83.3 cm³/mol. The molecular formula is C18H16FNO3. The summed E-state index contributed by atoms with van der Waals surface area (Å²) in [5, 5.41) is 2.79. The highest BCUT2D eigenvalue weighted by atomic mass is 19.1. The summed E-state index contributed by atoms with van der Waals surface area (Å²) >= 11 is 0. The van der Waals surface area contributed by atoms with Crippen molar-refractivity contribution in [3.8, 4) is 11.5 Å². The summed E-state index contributed by atoms with van der Waals surface area (Å²) in [6, 6.07) is 10.8. The molecule has 1 aliphatic heterocycles. The first-order valence-electron chi connectivity index (χ1n) is 7.73. The minimum absolute atomic E-state index is 0.292. The number of carbonyl (C=O) groups excluding carboxylic acids is 1. The third-order valence-corrected chi connectivity index (χ3v) is 4.27. The molecule has 2 aromatic rings. The number of anilines is 1. The number of carbonyl (C=O) groups is 1. The Hall–Kier alpha value is -2.56. The van der Waals surface area contributed by atoms with Crippen LogP contribution in [0, 0.1) is 5.82 Å². The molecule has 0 radical (unpaired) electrons. The van der Waals surface area contributed by atoms with E-state index in [2.05, 4.69) is 5.32 Å². The Balaban J connectivity index is 1.51. The highest BCUT2D eigenvalue weighted by Gasteiger charge is 2.44. The Morgan fingerprint density at radius 2 is 1.70 bits per heavy atom. The van der Waals surface area contributed by atoms with Gasteiger partial charge in [0.05, 0.1) is 0 Å². The van der Waals surface area contributed by atoms with Crippen LogP contribution < -0.4 is 14.8 Å². The fourth-order valence-corrected chi connectivity index (χ4v) is 3.09. The van der Waals surface area contributed by atoms with Gasteiger partial charge in [0.1, 0.15) is 5.82 Å². The van der Waals surface area contributed by atoms with Gasteiger partial charge in [0.25, 0.3) is 11.7 Å². The van der Waals surface area contributed by atoms with E-state index in [0.717, 1.165) is 25.7 Å². The standard InChI is InChI=1S/C18H16FNO3/c19-13-5-3-12(4-6-13)17(21)20-14-7-8-15-16(11-14)23-18(22-15)9-1-2-10-18/h3-8,11H,1-2,9-10H2,(H,20,21). The zero-order valence-corrected chi connectivity index (χ0v) is 12.5. The third-order valence-electron chi connectivity index (χ3n) is 4.27. The Morgan fingerprint density at radius 3 is 2.43 bits per heavy atom. The predicted octanol–water partition coefficient (Wildman–Crippen LogP) is 4.12. The monoisotopic (exact) mass is 313 g/mol. The SMILES string of the molecule is O=C(Nc1ccc2c(c1)OC1(CCCC1)O2)c1ccc(F)cc1. The molecule has 23 heavy (non-hydrogen) atoms. The van der Waals surface area contributed by atoms with Gasteiger partial charge >= 0.3 is 0 Å². The van der Waals surface area contributed by atoms with Crippen molar-refractivity contribution in [2.24, 2.45) is 0 Å². The zero-order chi connectivity index (χ0) is 15.9. The van der Waals surface area contributed by atoms with Gasteiger partial charge in [-0.3, -0.25) is 4.79 Å². The van der Waals surface area contributed by atoms with Gasteiger partial charge in [-0.15, -0.1) is 0 Å². The lowest BCUT2D eigenvalue weighted by atomic mass is 10.2. The lowest BCUT2D eigenvalue weighted by Gasteiger charge is -2.21. The second-order valence-electron chi connectivity index (χ2n) is 5.94. The van der Waals surface area contributed by atoms with Crippen LogP contribution in [0.25, 0.3) is 0 Å². The summed E-state index contributed by atoms with van der Waals surface area (Å²) < 4.78 is 24.8. The molecule has 4 rings (SSSR count). The molecule has 4 nitrogen and oxygen atoms in total. The van der Waals surface area contributed by atoms with Gasteiger partial charge in [-0.1, -0.05) is 0 Å². The number of halogens is 1. The van der Waals surface area contributed by atoms with Crippen molar-refractivity contribution in [3.05, 3.63) is 53.8 Å². The van der Waals surface area contributed by atoms with Crippen LogP contribution in [-0.2, 0) is 0 Å². The van der Waals surface area contributed by atoms with Gasteiger partial charge in [0.2, 0.25) is 0 Å². The maximum atomic E-state index is 12.9. The van der Waals surface area contributed by atoms with Gasteiger partial charge in [-0.25, -0.2) is 4.39 Å². The van der Waals surface area contributed by atoms with E-state index in [1.807, 2.05) is 6.07 Å². The number of hydrogen-bond donors (Lipinski definition) is 1. The molecule has 5 heteroatoms. The molecule has 0 atom stereocenters. The van der Waals surface area contributed by atoms with Gasteiger partial charge in [-0.2, -0.15) is 0 Å². The second kappa shape index (κ2) is 5.26. The summed E-state index contributed by atoms with van der Waals surface area (Å²) in [6.45, 7) is 0. The molecule has 0 aromatic heterocycles. The largest absolute Gasteiger partial charge is 0.448 e. The van der Waals surface area contributed by atoms with Crippen LogP contribution in [0.5, 0.6) is 11.5 Å². The normalized spacial score (nSPS) is 17.4. The summed E-state index contributed by atoms with van der Waals surface area (Å²) in [5.74, 6) is 0.198. The smallest absolute Gasteiger partial charge is 0.255 e. The molecule has 1 N–H and O–H groups in total. The van der Waals surface area contributed by atoms with Crippen LogP contribution in [0.1, 0.15) is 36.0 Å². The molecule has 1 heterocycles. The van der Waals surface area contributed by atoms with Crippen LogP contribution in [-0.4, -0.2) is 11.7 Å². The topological polar surface area (TPSA) is 47.6 Å². The Morgan fingerprint density at radius 1 is 1.00 bits per heavy atom. The Bertz CT molecular complexity index is 751. The zero-order valence-electron chi connectivity index (χ0n) is 12.5. The molecule has 1 spiro atoms. The molecule has 0 unspecified atom stereocenters. The molecule has 0 bridgehead atoms. The number of fused-ring (bicyclic) bond motifs is 1. The molecule has 0 saturated heterocycles. The number of ether oxygens (including phenoxy) is 2. The van der Waals surface area contributed by atoms with Gasteiger partial charge in [0.15, 0.2) is 11.5 Å². The molecule has 2 aliphatic rings. The van der Waals surface area contributed by atoms with Crippen molar-refractivity contribution in [3.63, 3.8) is 0 Å². The average Bonchev–Trinajstić information content (AvgIpc) is 3.14. The van der Waals surface area contributed by atoms with E-state index < -0.39 is 5.79 Å². The maximum absolute atomic E-state index is 12.9. The van der Waals surface area contributed by atoms with Crippen LogP contribution in [0.3, 0.4) is 0 Å². The summed E-state index contributed by atoms with van der Waals surface area (Å²) in [6.07, 6.45) is 3.97. The van der Waals surface area contributed by atoms with E-state index in [9.17, 15) is 9.18 Å². The third kappa shape index (κ3) is 2.63. The van der Waals surface area contributed by atoms with Crippen LogP contribution in [0.15, 0.2) is 42.5 Å². The van der Waals surface area contributed by atoms with E-state index in [1.54, 1.807) is 12.1 Å². The molecule has 118 valence electrons. The Kier molecular flexibility index (Phi) is 3.22. The molecule has 1 amide bonds. The summed E-state index contributed by atoms with van der Waals surface area (Å²) in [4.78, 5) is 12.2. The van der Waals surface area contributed by atoms with Crippen LogP contribution >= 0.6 is 0 Å². The van der Waals surface area contributed by atoms with Crippen molar-refractivity contribution in [1.82, 2.24) is 0 Å². The quantitative estimate of drug-likeness (QED) is 0.907. The van der Waals surface area contributed by atoms with Gasteiger partial charge in [-0.05, 0) is 49.2 Å². The first kappa shape index (κ1) is 14.1. The molecule has 1 saturated carbocycles. The number of amides is 1. The van der Waals surface area contributed by atoms with E-state index in [4.69, 9.17) is 9.47 Å². The molecular weight excluding hydrogens is 297 g/mol. The number of hydrogen-bond acceptors (Lipinski definition) is 3. The first-order chi connectivity index (χ1) is 11.1. The minimum atomic E-state index is -0.512. The average molecular weight is 313 g/mol. The van der Waals surface area contributed by atoms with Crippen molar-refractivity contribution < 1.29 is 18.7 Å². The second-order valence-corrected chi connectivity index (χ2v) is 5.94. The van der Waals surface area contributed by atoms with Gasteiger partial charge < -0.3 is 14.8 Å². The molecule has 1 aliphatic carbocycles. The van der Waals surface area contributed by atoms with E-state index >= 15 is 0 Å². The number of rotatable bonds is 2. The Labute approximate surface area is 133 Å². The van der Waals surface area contributed by atoms with E-state index in [1.165, 1.54) is 24.3 Å². The van der Waals surface area contributed by atoms with Crippen molar-refractivity contribution in [1.29, 1.82) is 0 Å². The molecule has 2 aromatic carbocycles. The lowest BCUT2D eigenvalue weighted by molar-refractivity contribution is -0.0716. The number of benzene rings is 2. The van der Waals surface area contributed by atoms with Crippen molar-refractivity contribution >= 4 is 11.6 Å². The fraction of sp³-hybridized carbons (Fsp3) is 0.278. The summed E-state index contributed by atoms with van der Waals surface area (Å²) in [7, 11) is 0. The van der Waals surface area contributed by atoms with Crippen LogP contribution in [0.2, 0.25) is 0 Å². The number of nitrogens with one attached hydrogen (secondary N) is 1. The van der Waals surface area contributed by atoms with Gasteiger partial charge in [0, 0.05) is 30.2 Å². The lowest BCUT2D eigenvalue weighted by Crippen LogP contribution is -2.34. The van der Waals surface area contributed by atoms with Crippen molar-refractivity contribution in [2.45, 2.75) is 31.5 Å². The van der Waals surface area contributed by atoms with E-state index in [-0.39, 0.29) is 11.7 Å². The highest BCUT2D eigenvalue weighted by molar-refractivity contribution is 6.04. The summed E-state index contributed by atoms with van der Waals surface area (Å²) in [5.41, 5.74) is 1.02. The molecule has 1 fully saturated rings. The first-order valence-corrected chi connectivity index (χ1v) is 7.73.